The molecule has 0 saturated heterocycles. The summed E-state index contributed by atoms with van der Waals surface area (Å²) in [6.07, 6.45) is 7.81. The highest BCUT2D eigenvalue weighted by atomic mass is 35.5. The van der Waals surface area contributed by atoms with E-state index < -0.39 is 11.7 Å². The molecule has 166 valence electrons. The Balaban J connectivity index is 2.04. The number of fused-ring (bicyclic) bond motifs is 3. The van der Waals surface area contributed by atoms with Crippen molar-refractivity contribution in [3.63, 3.8) is 0 Å². The summed E-state index contributed by atoms with van der Waals surface area (Å²) in [4.78, 5) is 20.2. The van der Waals surface area contributed by atoms with Crippen molar-refractivity contribution in [2.75, 3.05) is 0 Å². The Morgan fingerprint density at radius 3 is 2.68 bits per heavy atom. The number of nitrogens with zero attached hydrogens (tertiary/aromatic N) is 1. The minimum absolute atomic E-state index is 0.0580. The van der Waals surface area contributed by atoms with Crippen molar-refractivity contribution in [2.24, 2.45) is 0 Å². The average Bonchev–Trinajstić information content (AvgIpc) is 3.02. The zero-order chi connectivity index (χ0) is 22.5. The van der Waals surface area contributed by atoms with Crippen LogP contribution in [0.5, 0.6) is 0 Å². The highest BCUT2D eigenvalue weighted by Crippen LogP contribution is 2.47. The van der Waals surface area contributed by atoms with Gasteiger partial charge in [0.1, 0.15) is 16.7 Å². The van der Waals surface area contributed by atoms with Crippen molar-refractivity contribution in [3.05, 3.63) is 50.2 Å². The van der Waals surface area contributed by atoms with Crippen LogP contribution in [-0.2, 0) is 22.4 Å². The van der Waals surface area contributed by atoms with Crippen molar-refractivity contribution in [1.82, 2.24) is 4.98 Å². The molecular formula is C25H30ClNO3S. The Hall–Kier alpha value is -1.69. The number of aromatic nitrogens is 1. The standard InChI is InChI=1S/C25H30ClNO3S/c1-13-20(23(14(2)28)30-25(3,4)5)21(16-11-10-15(26)12-18(16)29)22-17-8-6-7-9-19(17)31-24(22)27-13/h10,12,16,23,29H,6-9,11H2,1-5H3/t16-,23-/m1/s1. The van der Waals surface area contributed by atoms with Gasteiger partial charge in [-0.2, -0.15) is 0 Å². The Morgan fingerprint density at radius 1 is 1.32 bits per heavy atom. The van der Waals surface area contributed by atoms with Crippen LogP contribution in [0.1, 0.15) is 86.2 Å². The second-order valence-electron chi connectivity index (χ2n) is 9.58. The predicted molar refractivity (Wildman–Crippen MR) is 127 cm³/mol. The van der Waals surface area contributed by atoms with E-state index in [1.54, 1.807) is 24.3 Å². The Morgan fingerprint density at radius 2 is 2.03 bits per heavy atom. The molecule has 4 rings (SSSR count). The van der Waals surface area contributed by atoms with Crippen LogP contribution in [0.4, 0.5) is 0 Å². The molecule has 0 aromatic carbocycles. The molecule has 0 radical (unpaired) electrons. The molecule has 1 N–H and O–H groups in total. The van der Waals surface area contributed by atoms with Crippen molar-refractivity contribution in [2.45, 2.75) is 84.3 Å². The second-order valence-corrected chi connectivity index (χ2v) is 11.1. The van der Waals surface area contributed by atoms with Gasteiger partial charge in [0.2, 0.25) is 0 Å². The highest BCUT2D eigenvalue weighted by Gasteiger charge is 2.35. The molecule has 2 aromatic rings. The molecule has 0 bridgehead atoms. The lowest BCUT2D eigenvalue weighted by atomic mass is 9.81. The van der Waals surface area contributed by atoms with E-state index in [4.69, 9.17) is 21.3 Å². The van der Waals surface area contributed by atoms with Gasteiger partial charge in [-0.15, -0.1) is 11.3 Å². The van der Waals surface area contributed by atoms with Gasteiger partial charge in [-0.1, -0.05) is 17.7 Å². The summed E-state index contributed by atoms with van der Waals surface area (Å²) >= 11 is 7.94. The van der Waals surface area contributed by atoms with Crippen LogP contribution in [0, 0.1) is 6.92 Å². The fraction of sp³-hybridized carbons (Fsp3) is 0.520. The highest BCUT2D eigenvalue weighted by molar-refractivity contribution is 7.18. The molecule has 0 saturated carbocycles. The third-order valence-electron chi connectivity index (χ3n) is 6.01. The lowest BCUT2D eigenvalue weighted by molar-refractivity contribution is -0.139. The van der Waals surface area contributed by atoms with Crippen LogP contribution in [-0.4, -0.2) is 21.5 Å². The van der Waals surface area contributed by atoms with Crippen molar-refractivity contribution < 1.29 is 14.6 Å². The number of thiophene rings is 1. The minimum atomic E-state index is -0.736. The topological polar surface area (TPSA) is 59.4 Å². The van der Waals surface area contributed by atoms with E-state index in [0.717, 1.165) is 46.3 Å². The van der Waals surface area contributed by atoms with E-state index in [-0.39, 0.29) is 17.5 Å². The zero-order valence-corrected chi connectivity index (χ0v) is 20.4. The number of halogens is 1. The van der Waals surface area contributed by atoms with Crippen molar-refractivity contribution in [1.29, 1.82) is 0 Å². The van der Waals surface area contributed by atoms with Gasteiger partial charge < -0.3 is 9.84 Å². The molecular weight excluding hydrogens is 430 g/mol. The number of ketones is 1. The third kappa shape index (κ3) is 4.33. The maximum absolute atomic E-state index is 12.8. The summed E-state index contributed by atoms with van der Waals surface area (Å²) in [6, 6.07) is 0. The number of ether oxygens (including phenoxy) is 1. The summed E-state index contributed by atoms with van der Waals surface area (Å²) in [5.74, 6) is -0.0976. The molecule has 2 atom stereocenters. The molecule has 2 aliphatic rings. The number of carbonyl (C=O) groups is 1. The number of aliphatic hydroxyl groups excluding tert-OH is 1. The van der Waals surface area contributed by atoms with E-state index in [9.17, 15) is 9.90 Å². The number of carbonyl (C=O) groups excluding carboxylic acids is 1. The number of pyridine rings is 1. The summed E-state index contributed by atoms with van der Waals surface area (Å²) in [7, 11) is 0. The van der Waals surface area contributed by atoms with Gasteiger partial charge in [0, 0.05) is 32.5 Å². The minimum Gasteiger partial charge on any atom is -0.512 e. The monoisotopic (exact) mass is 459 g/mol. The second kappa shape index (κ2) is 8.34. The normalized spacial score (nSPS) is 20.3. The molecule has 0 fully saturated rings. The summed E-state index contributed by atoms with van der Waals surface area (Å²) < 4.78 is 6.29. The summed E-state index contributed by atoms with van der Waals surface area (Å²) in [6.45, 7) is 9.39. The maximum Gasteiger partial charge on any atom is 0.163 e. The number of aliphatic hydroxyl groups is 1. The molecule has 0 unspecified atom stereocenters. The summed E-state index contributed by atoms with van der Waals surface area (Å²) in [5, 5.41) is 12.6. The third-order valence-corrected chi connectivity index (χ3v) is 7.46. The van der Waals surface area contributed by atoms with Crippen LogP contribution in [0.3, 0.4) is 0 Å². The maximum atomic E-state index is 12.8. The van der Waals surface area contributed by atoms with E-state index >= 15 is 0 Å². The Kier molecular flexibility index (Phi) is 6.06. The van der Waals surface area contributed by atoms with Crippen LogP contribution in [0.25, 0.3) is 10.2 Å². The molecule has 0 amide bonds. The van der Waals surface area contributed by atoms with Gasteiger partial charge in [-0.25, -0.2) is 4.98 Å². The quantitative estimate of drug-likeness (QED) is 0.535. The Bertz CT molecular complexity index is 1110. The fourth-order valence-electron chi connectivity index (χ4n) is 4.76. The number of Topliss-reactive ketones (excluding diaryl/α,β-unsaturated/α-hetero) is 1. The lowest BCUT2D eigenvalue weighted by Crippen LogP contribution is -2.28. The SMILES string of the molecule is CC(=O)[C@@H](OC(C)(C)C)c1c(C)nc2sc3c(c2c1[C@@H]1CC=C(Cl)C=C1O)CCCC3. The van der Waals surface area contributed by atoms with Gasteiger partial charge in [0.05, 0.1) is 5.60 Å². The van der Waals surface area contributed by atoms with Crippen molar-refractivity contribution in [3.8, 4) is 0 Å². The smallest absolute Gasteiger partial charge is 0.163 e. The van der Waals surface area contributed by atoms with Crippen molar-refractivity contribution >= 4 is 38.9 Å². The summed E-state index contributed by atoms with van der Waals surface area (Å²) in [5.41, 5.74) is 3.41. The molecule has 4 nitrogen and oxygen atoms in total. The largest absolute Gasteiger partial charge is 0.512 e. The first kappa shape index (κ1) is 22.5. The first-order valence-corrected chi connectivity index (χ1v) is 12.2. The predicted octanol–water partition coefficient (Wildman–Crippen LogP) is 6.98. The van der Waals surface area contributed by atoms with Gasteiger partial charge in [-0.3, -0.25) is 4.79 Å². The van der Waals surface area contributed by atoms with E-state index in [2.05, 4.69) is 0 Å². The first-order chi connectivity index (χ1) is 14.6. The molecule has 0 spiro atoms. The number of hydrogen-bond donors (Lipinski definition) is 1. The lowest BCUT2D eigenvalue weighted by Gasteiger charge is -2.31. The molecule has 31 heavy (non-hydrogen) atoms. The molecule has 2 aromatic heterocycles. The van der Waals surface area contributed by atoms with Gasteiger partial charge in [-0.05, 0) is 83.9 Å². The van der Waals surface area contributed by atoms with E-state index in [0.29, 0.717) is 11.5 Å². The fourth-order valence-corrected chi connectivity index (χ4v) is 6.29. The molecule has 6 heteroatoms. The molecule has 0 aliphatic heterocycles. The van der Waals surface area contributed by atoms with Crippen LogP contribution < -0.4 is 0 Å². The van der Waals surface area contributed by atoms with E-state index in [1.165, 1.54) is 16.9 Å². The first-order valence-electron chi connectivity index (χ1n) is 11.0. The van der Waals surface area contributed by atoms with Gasteiger partial charge in [0.25, 0.3) is 0 Å². The molecule has 2 aliphatic carbocycles. The van der Waals surface area contributed by atoms with Crippen LogP contribution in [0.15, 0.2) is 22.9 Å². The van der Waals surface area contributed by atoms with Crippen LogP contribution in [0.2, 0.25) is 0 Å². The molecule has 2 heterocycles. The number of aryl methyl sites for hydroxylation is 3. The Labute approximate surface area is 193 Å². The average molecular weight is 460 g/mol. The zero-order valence-electron chi connectivity index (χ0n) is 18.8. The van der Waals surface area contributed by atoms with Crippen LogP contribution >= 0.6 is 22.9 Å². The van der Waals surface area contributed by atoms with Gasteiger partial charge >= 0.3 is 0 Å². The number of hydrogen-bond acceptors (Lipinski definition) is 5. The van der Waals surface area contributed by atoms with Gasteiger partial charge in [0.15, 0.2) is 5.78 Å². The van der Waals surface area contributed by atoms with E-state index in [1.807, 2.05) is 33.8 Å². The number of allylic oxidation sites excluding steroid dienone is 4. The number of rotatable bonds is 4.